The first-order valence-electron chi connectivity index (χ1n) is 7.61. The number of hydrogen-bond acceptors (Lipinski definition) is 3. The second-order valence-electron chi connectivity index (χ2n) is 5.83. The average Bonchev–Trinajstić information content (AvgIpc) is 2.94. The van der Waals surface area contributed by atoms with Crippen LogP contribution < -0.4 is 0 Å². The molecule has 1 fully saturated rings. The molecule has 0 amide bonds. The van der Waals surface area contributed by atoms with Crippen molar-refractivity contribution in [3.8, 4) is 0 Å². The van der Waals surface area contributed by atoms with Crippen LogP contribution >= 0.6 is 0 Å². The summed E-state index contributed by atoms with van der Waals surface area (Å²) >= 11 is 0. The molecule has 1 atom stereocenters. The van der Waals surface area contributed by atoms with Gasteiger partial charge in [-0.05, 0) is 30.9 Å². The average molecular weight is 319 g/mol. The first kappa shape index (κ1) is 15.2. The molecule has 2 aromatic rings. The van der Waals surface area contributed by atoms with Crippen LogP contribution in [-0.2, 0) is 15.8 Å². The number of hydrogen-bond donors (Lipinski definition) is 1. The number of rotatable bonds is 4. The fourth-order valence-corrected chi connectivity index (χ4v) is 4.87. The van der Waals surface area contributed by atoms with E-state index in [1.165, 1.54) is 0 Å². The number of aryl methyl sites for hydroxylation is 1. The van der Waals surface area contributed by atoms with Gasteiger partial charge in [0, 0.05) is 6.54 Å². The molecule has 22 heavy (non-hydrogen) atoms. The van der Waals surface area contributed by atoms with E-state index in [-0.39, 0.29) is 11.8 Å². The summed E-state index contributed by atoms with van der Waals surface area (Å²) in [6, 6.07) is 9.24. The van der Waals surface area contributed by atoms with Gasteiger partial charge in [0.1, 0.15) is 0 Å². The van der Waals surface area contributed by atoms with Crippen molar-refractivity contribution in [2.45, 2.75) is 38.0 Å². The minimum atomic E-state index is -3.34. The molecule has 1 aliphatic heterocycles. The molecule has 0 radical (unpaired) electrons. The van der Waals surface area contributed by atoms with E-state index in [4.69, 9.17) is 0 Å². The van der Waals surface area contributed by atoms with E-state index in [9.17, 15) is 8.42 Å². The summed E-state index contributed by atoms with van der Waals surface area (Å²) in [5.41, 5.74) is 2.77. The lowest BCUT2D eigenvalue weighted by molar-refractivity contribution is 0.250. The Morgan fingerprint density at radius 3 is 2.73 bits per heavy atom. The number of piperidine rings is 1. The predicted octanol–water partition coefficient (Wildman–Crippen LogP) is 2.78. The molecule has 2 heterocycles. The summed E-state index contributed by atoms with van der Waals surface area (Å²) in [7, 11) is -3.34. The number of aromatic nitrogens is 2. The molecule has 1 aromatic carbocycles. The van der Waals surface area contributed by atoms with Gasteiger partial charge in [-0.15, -0.1) is 0 Å². The van der Waals surface area contributed by atoms with E-state index in [1.54, 1.807) is 10.5 Å². The van der Waals surface area contributed by atoms with Gasteiger partial charge in [-0.1, -0.05) is 36.8 Å². The molecule has 1 saturated heterocycles. The maximum absolute atomic E-state index is 12.9. The van der Waals surface area contributed by atoms with E-state index >= 15 is 0 Å². The molecule has 0 aliphatic carbocycles. The minimum Gasteiger partial charge on any atom is -0.281 e. The Balaban J connectivity index is 1.88. The largest absolute Gasteiger partial charge is 0.281 e. The molecule has 0 spiro atoms. The van der Waals surface area contributed by atoms with Gasteiger partial charge in [-0.2, -0.15) is 9.40 Å². The van der Waals surface area contributed by atoms with Crippen LogP contribution in [0.5, 0.6) is 0 Å². The van der Waals surface area contributed by atoms with Gasteiger partial charge >= 0.3 is 0 Å². The zero-order valence-electron chi connectivity index (χ0n) is 12.7. The lowest BCUT2D eigenvalue weighted by Gasteiger charge is -2.34. The summed E-state index contributed by atoms with van der Waals surface area (Å²) in [5, 5.41) is 7.04. The van der Waals surface area contributed by atoms with Crippen LogP contribution in [0.3, 0.4) is 0 Å². The van der Waals surface area contributed by atoms with Crippen LogP contribution in [0, 0.1) is 6.92 Å². The fraction of sp³-hybridized carbons (Fsp3) is 0.438. The van der Waals surface area contributed by atoms with Crippen LogP contribution in [0.4, 0.5) is 0 Å². The first-order valence-corrected chi connectivity index (χ1v) is 9.22. The van der Waals surface area contributed by atoms with Crippen LogP contribution in [0.2, 0.25) is 0 Å². The Hall–Kier alpha value is -1.66. The van der Waals surface area contributed by atoms with Crippen molar-refractivity contribution in [2.75, 3.05) is 6.54 Å². The Kier molecular flexibility index (Phi) is 4.31. The molecular formula is C16H21N3O2S. The highest BCUT2D eigenvalue weighted by molar-refractivity contribution is 7.88. The topological polar surface area (TPSA) is 66.1 Å². The maximum Gasteiger partial charge on any atom is 0.218 e. The molecular weight excluding hydrogens is 298 g/mol. The lowest BCUT2D eigenvalue weighted by Crippen LogP contribution is -2.39. The quantitative estimate of drug-likeness (QED) is 0.942. The Morgan fingerprint density at radius 2 is 2.05 bits per heavy atom. The van der Waals surface area contributed by atoms with Gasteiger partial charge in [-0.25, -0.2) is 8.42 Å². The Labute approximate surface area is 131 Å². The molecule has 0 saturated carbocycles. The van der Waals surface area contributed by atoms with Crippen molar-refractivity contribution >= 4 is 10.0 Å². The van der Waals surface area contributed by atoms with E-state index in [1.807, 2.05) is 37.3 Å². The van der Waals surface area contributed by atoms with Crippen LogP contribution in [-0.4, -0.2) is 29.5 Å². The molecule has 0 unspecified atom stereocenters. The van der Waals surface area contributed by atoms with Gasteiger partial charge in [-0.3, -0.25) is 5.10 Å². The van der Waals surface area contributed by atoms with E-state index < -0.39 is 10.0 Å². The third kappa shape index (κ3) is 3.08. The zero-order valence-corrected chi connectivity index (χ0v) is 13.5. The Morgan fingerprint density at radius 1 is 1.27 bits per heavy atom. The first-order chi connectivity index (χ1) is 10.6. The third-order valence-electron chi connectivity index (χ3n) is 4.20. The SMILES string of the molecule is Cc1cn[nH]c1[C@H]1CCCCN1S(=O)(=O)Cc1ccccc1. The molecule has 6 heteroatoms. The second-order valence-corrected chi connectivity index (χ2v) is 7.75. The summed E-state index contributed by atoms with van der Waals surface area (Å²) in [5.74, 6) is 0.0531. The molecule has 118 valence electrons. The van der Waals surface area contributed by atoms with Crippen molar-refractivity contribution in [2.24, 2.45) is 0 Å². The van der Waals surface area contributed by atoms with Gasteiger partial charge in [0.15, 0.2) is 0 Å². The van der Waals surface area contributed by atoms with Gasteiger partial charge in [0.25, 0.3) is 0 Å². The highest BCUT2D eigenvalue weighted by Crippen LogP contribution is 2.34. The van der Waals surface area contributed by atoms with Crippen molar-refractivity contribution in [1.82, 2.24) is 14.5 Å². The van der Waals surface area contributed by atoms with Crippen molar-refractivity contribution in [1.29, 1.82) is 0 Å². The second kappa shape index (κ2) is 6.22. The zero-order chi connectivity index (χ0) is 15.6. The standard InChI is InChI=1S/C16H21N3O2S/c1-13-11-17-18-16(13)15-9-5-6-10-19(15)22(20,21)12-14-7-3-2-4-8-14/h2-4,7-8,11,15H,5-6,9-10,12H2,1H3,(H,17,18)/t15-/m1/s1. The monoisotopic (exact) mass is 319 g/mol. The van der Waals surface area contributed by atoms with Crippen LogP contribution in [0.1, 0.15) is 42.1 Å². The highest BCUT2D eigenvalue weighted by Gasteiger charge is 2.34. The molecule has 1 aliphatic rings. The van der Waals surface area contributed by atoms with Crippen LogP contribution in [0.15, 0.2) is 36.5 Å². The number of nitrogens with one attached hydrogen (secondary N) is 1. The van der Waals surface area contributed by atoms with Crippen molar-refractivity contribution < 1.29 is 8.42 Å². The molecule has 1 aromatic heterocycles. The minimum absolute atomic E-state index is 0.0531. The molecule has 1 N–H and O–H groups in total. The van der Waals surface area contributed by atoms with Gasteiger partial charge in [0.05, 0.1) is 23.7 Å². The summed E-state index contributed by atoms with van der Waals surface area (Å²) in [6.45, 7) is 2.55. The fourth-order valence-electron chi connectivity index (χ4n) is 3.09. The third-order valence-corrected chi connectivity index (χ3v) is 6.05. The molecule has 5 nitrogen and oxygen atoms in total. The molecule has 3 rings (SSSR count). The number of sulfonamides is 1. The number of H-pyrrole nitrogens is 1. The summed E-state index contributed by atoms with van der Waals surface area (Å²) in [6.07, 6.45) is 4.56. The summed E-state index contributed by atoms with van der Waals surface area (Å²) in [4.78, 5) is 0. The van der Waals surface area contributed by atoms with Gasteiger partial charge < -0.3 is 0 Å². The normalized spacial score (nSPS) is 20.1. The molecule has 0 bridgehead atoms. The number of aromatic amines is 1. The van der Waals surface area contributed by atoms with E-state index in [0.29, 0.717) is 6.54 Å². The summed E-state index contributed by atoms with van der Waals surface area (Å²) < 4.78 is 27.4. The lowest BCUT2D eigenvalue weighted by atomic mass is 10.00. The van der Waals surface area contributed by atoms with Gasteiger partial charge in [0.2, 0.25) is 10.0 Å². The number of nitrogens with zero attached hydrogens (tertiary/aromatic N) is 2. The van der Waals surface area contributed by atoms with E-state index in [2.05, 4.69) is 10.2 Å². The highest BCUT2D eigenvalue weighted by atomic mass is 32.2. The van der Waals surface area contributed by atoms with Crippen molar-refractivity contribution in [3.05, 3.63) is 53.3 Å². The van der Waals surface area contributed by atoms with Crippen molar-refractivity contribution in [3.63, 3.8) is 0 Å². The Bertz CT molecular complexity index is 725. The maximum atomic E-state index is 12.9. The van der Waals surface area contributed by atoms with Crippen LogP contribution in [0.25, 0.3) is 0 Å². The predicted molar refractivity (Wildman–Crippen MR) is 85.7 cm³/mol. The van der Waals surface area contributed by atoms with E-state index in [0.717, 1.165) is 36.1 Å². The number of benzene rings is 1. The smallest absolute Gasteiger partial charge is 0.218 e.